The van der Waals surface area contributed by atoms with Crippen LogP contribution in [-0.4, -0.2) is 17.1 Å². The van der Waals surface area contributed by atoms with E-state index in [0.29, 0.717) is 11.3 Å². The molecule has 3 atom stereocenters. The molecule has 3 heteroatoms. The Morgan fingerprint density at radius 3 is 1.73 bits per heavy atom. The van der Waals surface area contributed by atoms with Gasteiger partial charge in [0.1, 0.15) is 0 Å². The number of rotatable bonds is 10. The van der Waals surface area contributed by atoms with Gasteiger partial charge in [0.25, 0.3) is 0 Å². The first-order chi connectivity index (χ1) is 22.1. The van der Waals surface area contributed by atoms with Crippen LogP contribution in [0, 0.1) is 0 Å². The summed E-state index contributed by atoms with van der Waals surface area (Å²) in [6, 6.07) is 53.0. The van der Waals surface area contributed by atoms with Gasteiger partial charge >= 0.3 is 0 Å². The van der Waals surface area contributed by atoms with Crippen molar-refractivity contribution in [2.45, 2.75) is 31.1 Å². The zero-order valence-electron chi connectivity index (χ0n) is 26.2. The molecule has 1 aliphatic rings. The van der Waals surface area contributed by atoms with Crippen LogP contribution in [0.4, 0.5) is 0 Å². The topological polar surface area (TPSA) is 3.24 Å². The molecule has 0 bridgehead atoms. The van der Waals surface area contributed by atoms with Crippen LogP contribution >= 0.6 is 16.1 Å². The molecule has 45 heavy (non-hydrogen) atoms. The molecule has 1 saturated heterocycles. The number of hydrogen-bond donors (Lipinski definition) is 0. The van der Waals surface area contributed by atoms with Gasteiger partial charge in [0.05, 0.1) is 0 Å². The Morgan fingerprint density at radius 2 is 1.18 bits per heavy atom. The fourth-order valence-electron chi connectivity index (χ4n) is 6.44. The van der Waals surface area contributed by atoms with E-state index in [-0.39, 0.29) is 0 Å². The maximum absolute atomic E-state index is 4.40. The van der Waals surface area contributed by atoms with Gasteiger partial charge in [0.15, 0.2) is 0 Å². The predicted molar refractivity (Wildman–Crippen MR) is 200 cm³/mol. The van der Waals surface area contributed by atoms with Gasteiger partial charge in [-0.2, -0.15) is 0 Å². The molecule has 6 rings (SSSR count). The van der Waals surface area contributed by atoms with Gasteiger partial charge in [0.2, 0.25) is 0 Å². The second-order valence-electron chi connectivity index (χ2n) is 11.5. The highest BCUT2D eigenvalue weighted by Crippen LogP contribution is 2.71. The first-order valence-electron chi connectivity index (χ1n) is 15.8. The largest absolute Gasteiger partial charge is 0.254 e. The third-order valence-corrected chi connectivity index (χ3v) is 15.1. The lowest BCUT2D eigenvalue weighted by molar-refractivity contribution is 0.784. The first-order valence-corrected chi connectivity index (χ1v) is 18.5. The molecular formula is C42H41NP2. The van der Waals surface area contributed by atoms with E-state index < -0.39 is 16.1 Å². The average Bonchev–Trinajstić information content (AvgIpc) is 3.55. The van der Waals surface area contributed by atoms with E-state index in [0.717, 1.165) is 5.57 Å². The number of nitrogens with zero attached hydrogens (tertiary/aromatic N) is 1. The van der Waals surface area contributed by atoms with Gasteiger partial charge in [-0.25, -0.2) is 0 Å². The SMILES string of the molecule is C=C(/C=C\C(=C/C)[C@@H]1CC[C@@H](c2ccc(-c3ccccc3)cc2)P1N(C)P(c1ccccc1)c1ccccc1)c1ccccc1. The average molecular weight is 622 g/mol. The van der Waals surface area contributed by atoms with E-state index in [1.165, 1.54) is 51.3 Å². The van der Waals surface area contributed by atoms with Crippen LogP contribution in [0.25, 0.3) is 16.7 Å². The lowest BCUT2D eigenvalue weighted by Crippen LogP contribution is -2.25. The van der Waals surface area contributed by atoms with E-state index >= 15 is 0 Å². The molecule has 0 aromatic heterocycles. The minimum absolute atomic E-state index is 0.464. The van der Waals surface area contributed by atoms with Gasteiger partial charge in [-0.1, -0.05) is 170 Å². The van der Waals surface area contributed by atoms with Crippen LogP contribution in [0.2, 0.25) is 0 Å². The molecule has 1 aliphatic heterocycles. The van der Waals surface area contributed by atoms with Crippen LogP contribution in [-0.2, 0) is 0 Å². The molecule has 5 aromatic rings. The summed E-state index contributed by atoms with van der Waals surface area (Å²) in [5.74, 6) is 0. The summed E-state index contributed by atoms with van der Waals surface area (Å²) in [5.41, 5.74) is 8.59. The number of allylic oxidation sites excluding steroid dienone is 5. The highest BCUT2D eigenvalue weighted by atomic mass is 31.2. The van der Waals surface area contributed by atoms with Crippen molar-refractivity contribution in [3.8, 4) is 11.1 Å². The lowest BCUT2D eigenvalue weighted by atomic mass is 9.99. The molecule has 1 heterocycles. The van der Waals surface area contributed by atoms with E-state index in [4.69, 9.17) is 0 Å². The minimum atomic E-state index is -0.703. The van der Waals surface area contributed by atoms with Crippen molar-refractivity contribution in [3.63, 3.8) is 0 Å². The maximum atomic E-state index is 4.40. The van der Waals surface area contributed by atoms with Crippen molar-refractivity contribution >= 4 is 32.3 Å². The standard InChI is InChI=1S/C42H41NP2/c1-4-34(26-25-33(2)35-17-9-5-10-18-35)41-31-32-42(38-29-27-37(28-30-38)36-19-11-6-12-20-36)45(41)43(3)44(39-21-13-7-14-22-39)40-23-15-8-16-24-40/h4-30,41-42H,2,31-32H2,1,3H3/b26-25-,34-4+/t41-,42-,45?/m0/s1. The first kappa shape index (κ1) is 31.1. The van der Waals surface area contributed by atoms with Crippen molar-refractivity contribution in [3.05, 3.63) is 187 Å². The van der Waals surface area contributed by atoms with Gasteiger partial charge in [-0.15, -0.1) is 0 Å². The van der Waals surface area contributed by atoms with Crippen LogP contribution in [0.5, 0.6) is 0 Å². The molecule has 0 N–H and O–H groups in total. The monoisotopic (exact) mass is 621 g/mol. The summed E-state index contributed by atoms with van der Waals surface area (Å²) in [6.45, 7) is 6.61. The van der Waals surface area contributed by atoms with Crippen LogP contribution in [0.1, 0.15) is 36.6 Å². The summed E-state index contributed by atoms with van der Waals surface area (Å²) in [4.78, 5) is 0. The van der Waals surface area contributed by atoms with Crippen LogP contribution in [0.3, 0.4) is 0 Å². The molecular weight excluding hydrogens is 580 g/mol. The number of hydrogen-bond acceptors (Lipinski definition) is 1. The van der Waals surface area contributed by atoms with E-state index in [1.54, 1.807) is 0 Å². The van der Waals surface area contributed by atoms with E-state index in [2.05, 4.69) is 189 Å². The summed E-state index contributed by atoms with van der Waals surface area (Å²) in [7, 11) is 1.12. The van der Waals surface area contributed by atoms with Gasteiger partial charge < -0.3 is 0 Å². The molecule has 0 amide bonds. The minimum Gasteiger partial charge on any atom is -0.254 e. The molecule has 1 unspecified atom stereocenters. The molecule has 0 aliphatic carbocycles. The Balaban J connectivity index is 1.38. The highest BCUT2D eigenvalue weighted by molar-refractivity contribution is 7.79. The Kier molecular flexibility index (Phi) is 10.3. The molecule has 224 valence electrons. The van der Waals surface area contributed by atoms with Crippen molar-refractivity contribution < 1.29 is 0 Å². The van der Waals surface area contributed by atoms with Gasteiger partial charge in [-0.3, -0.25) is 4.44 Å². The fourth-order valence-corrected chi connectivity index (χ4v) is 13.6. The lowest BCUT2D eigenvalue weighted by Gasteiger charge is -2.40. The smallest absolute Gasteiger partial charge is 0.0315 e. The Labute approximate surface area is 272 Å². The van der Waals surface area contributed by atoms with Crippen molar-refractivity contribution in [2.75, 3.05) is 7.05 Å². The summed E-state index contributed by atoms with van der Waals surface area (Å²) >= 11 is 0. The third-order valence-electron chi connectivity index (χ3n) is 8.72. The Bertz CT molecular complexity index is 1690. The zero-order valence-corrected chi connectivity index (χ0v) is 28.0. The summed E-state index contributed by atoms with van der Waals surface area (Å²) in [5, 5.41) is 2.81. The molecule has 0 radical (unpaired) electrons. The Hall–Kier alpha value is -3.86. The van der Waals surface area contributed by atoms with Crippen molar-refractivity contribution in [1.82, 2.24) is 4.44 Å². The second-order valence-corrected chi connectivity index (χ2v) is 16.6. The van der Waals surface area contributed by atoms with Crippen LogP contribution < -0.4 is 10.6 Å². The third kappa shape index (κ3) is 7.19. The van der Waals surface area contributed by atoms with Gasteiger partial charge in [0, 0.05) is 19.4 Å². The zero-order chi connectivity index (χ0) is 31.0. The quantitative estimate of drug-likeness (QED) is 0.111. The molecule has 1 nitrogen and oxygen atoms in total. The highest BCUT2D eigenvalue weighted by Gasteiger charge is 2.43. The Morgan fingerprint density at radius 1 is 0.667 bits per heavy atom. The van der Waals surface area contributed by atoms with E-state index in [9.17, 15) is 0 Å². The predicted octanol–water partition coefficient (Wildman–Crippen LogP) is 11.1. The molecule has 1 fully saturated rings. The van der Waals surface area contributed by atoms with Crippen molar-refractivity contribution in [2.24, 2.45) is 0 Å². The summed E-state index contributed by atoms with van der Waals surface area (Å²) < 4.78 is 2.80. The van der Waals surface area contributed by atoms with E-state index in [1.807, 2.05) is 0 Å². The maximum Gasteiger partial charge on any atom is 0.0315 e. The van der Waals surface area contributed by atoms with Crippen LogP contribution in [0.15, 0.2) is 176 Å². The number of benzene rings is 5. The molecule has 5 aromatic carbocycles. The fraction of sp³-hybridized carbons (Fsp3) is 0.143. The normalized spacial score (nSPS) is 18.6. The second kappa shape index (κ2) is 14.9. The van der Waals surface area contributed by atoms with Gasteiger partial charge in [-0.05, 0) is 78.9 Å². The molecule has 0 spiro atoms. The summed E-state index contributed by atoms with van der Waals surface area (Å²) in [6.07, 6.45) is 9.27. The molecule has 0 saturated carbocycles. The van der Waals surface area contributed by atoms with Crippen molar-refractivity contribution in [1.29, 1.82) is 0 Å².